The number of aliphatic hydroxyl groups is 1. The predicted molar refractivity (Wildman–Crippen MR) is 83.9 cm³/mol. The number of nitrogens with one attached hydrogen (secondary N) is 1. The Balaban J connectivity index is 1.91. The van der Waals surface area contributed by atoms with Crippen molar-refractivity contribution in [1.29, 1.82) is 0 Å². The summed E-state index contributed by atoms with van der Waals surface area (Å²) in [7, 11) is 0. The summed E-state index contributed by atoms with van der Waals surface area (Å²) >= 11 is 0. The third-order valence-electron chi connectivity index (χ3n) is 4.03. The van der Waals surface area contributed by atoms with Crippen LogP contribution in [0, 0.1) is 23.7 Å². The Morgan fingerprint density at radius 3 is 3.05 bits per heavy atom. The second kappa shape index (κ2) is 7.85. The Morgan fingerprint density at radius 1 is 1.43 bits per heavy atom. The number of hydrogen-bond donors (Lipinski definition) is 2. The maximum Gasteiger partial charge on any atom is 0.251 e. The Bertz CT molecular complexity index is 542. The highest BCUT2D eigenvalue weighted by molar-refractivity contribution is 5.94. The number of carbonyl (C=O) groups is 1. The quantitative estimate of drug-likeness (QED) is 0.839. The molecule has 21 heavy (non-hydrogen) atoms. The van der Waals surface area contributed by atoms with Crippen LogP contribution < -0.4 is 5.32 Å². The lowest BCUT2D eigenvalue weighted by Crippen LogP contribution is -2.31. The van der Waals surface area contributed by atoms with Gasteiger partial charge in [-0.3, -0.25) is 4.79 Å². The lowest BCUT2D eigenvalue weighted by Gasteiger charge is -2.26. The Hall–Kier alpha value is -1.79. The number of aliphatic hydroxyl groups excluding tert-OH is 1. The van der Waals surface area contributed by atoms with Gasteiger partial charge in [0, 0.05) is 17.7 Å². The molecule has 1 aromatic rings. The zero-order valence-electron chi connectivity index (χ0n) is 12.6. The molecule has 2 N–H and O–H groups in total. The van der Waals surface area contributed by atoms with Crippen LogP contribution >= 0.6 is 0 Å². The van der Waals surface area contributed by atoms with Gasteiger partial charge < -0.3 is 10.4 Å². The van der Waals surface area contributed by atoms with Crippen LogP contribution in [0.1, 0.15) is 48.5 Å². The summed E-state index contributed by atoms with van der Waals surface area (Å²) in [6.45, 7) is 2.88. The van der Waals surface area contributed by atoms with Crippen LogP contribution in [-0.2, 0) is 0 Å². The second-order valence-electron chi connectivity index (χ2n) is 5.89. The molecule has 2 unspecified atom stereocenters. The molecule has 2 rings (SSSR count). The van der Waals surface area contributed by atoms with Crippen molar-refractivity contribution in [3.8, 4) is 11.8 Å². The molecule has 1 amide bonds. The van der Waals surface area contributed by atoms with Crippen LogP contribution in [0.15, 0.2) is 24.3 Å². The third kappa shape index (κ3) is 4.91. The van der Waals surface area contributed by atoms with Crippen molar-refractivity contribution in [1.82, 2.24) is 5.32 Å². The highest BCUT2D eigenvalue weighted by Gasteiger charge is 2.19. The van der Waals surface area contributed by atoms with E-state index >= 15 is 0 Å². The van der Waals surface area contributed by atoms with Crippen molar-refractivity contribution in [3.05, 3.63) is 35.4 Å². The molecule has 0 radical (unpaired) electrons. The SMILES string of the molecule is CC1CCCC(CNC(=O)c2cccc(C#CCO)c2)C1. The lowest BCUT2D eigenvalue weighted by molar-refractivity contribution is 0.0940. The van der Waals surface area contributed by atoms with Gasteiger partial charge in [0.15, 0.2) is 0 Å². The molecule has 3 heteroatoms. The van der Waals surface area contributed by atoms with Crippen molar-refractivity contribution in [2.45, 2.75) is 32.6 Å². The first-order valence-electron chi connectivity index (χ1n) is 7.67. The molecule has 1 fully saturated rings. The van der Waals surface area contributed by atoms with E-state index in [1.807, 2.05) is 12.1 Å². The maximum absolute atomic E-state index is 12.2. The lowest BCUT2D eigenvalue weighted by atomic mass is 9.82. The summed E-state index contributed by atoms with van der Waals surface area (Å²) in [4.78, 5) is 12.2. The summed E-state index contributed by atoms with van der Waals surface area (Å²) < 4.78 is 0. The first kappa shape index (κ1) is 15.6. The molecule has 1 aliphatic carbocycles. The molecule has 0 bridgehead atoms. The van der Waals surface area contributed by atoms with Crippen molar-refractivity contribution in [3.63, 3.8) is 0 Å². The number of hydrogen-bond acceptors (Lipinski definition) is 2. The monoisotopic (exact) mass is 285 g/mol. The number of amides is 1. The minimum Gasteiger partial charge on any atom is -0.384 e. The summed E-state index contributed by atoms with van der Waals surface area (Å²) in [6, 6.07) is 7.21. The molecule has 3 nitrogen and oxygen atoms in total. The molecule has 1 saturated carbocycles. The summed E-state index contributed by atoms with van der Waals surface area (Å²) in [5.41, 5.74) is 1.38. The molecule has 0 aromatic heterocycles. The smallest absolute Gasteiger partial charge is 0.251 e. The Labute approximate surface area is 126 Å². The van der Waals surface area contributed by atoms with Gasteiger partial charge >= 0.3 is 0 Å². The minimum atomic E-state index is -0.170. The third-order valence-corrected chi connectivity index (χ3v) is 4.03. The molecular weight excluding hydrogens is 262 g/mol. The summed E-state index contributed by atoms with van der Waals surface area (Å²) in [5, 5.41) is 11.7. The van der Waals surface area contributed by atoms with E-state index in [0.717, 1.165) is 18.0 Å². The van der Waals surface area contributed by atoms with E-state index in [9.17, 15) is 4.79 Å². The van der Waals surface area contributed by atoms with Crippen molar-refractivity contribution < 1.29 is 9.90 Å². The number of rotatable bonds is 3. The number of carbonyl (C=O) groups excluding carboxylic acids is 1. The Morgan fingerprint density at radius 2 is 2.29 bits per heavy atom. The van der Waals surface area contributed by atoms with E-state index in [2.05, 4.69) is 24.1 Å². The zero-order chi connectivity index (χ0) is 15.1. The van der Waals surface area contributed by atoms with Gasteiger partial charge in [0.25, 0.3) is 5.91 Å². The highest BCUT2D eigenvalue weighted by atomic mass is 16.2. The van der Waals surface area contributed by atoms with Gasteiger partial charge in [-0.2, -0.15) is 0 Å². The van der Waals surface area contributed by atoms with E-state index in [0.29, 0.717) is 11.5 Å². The zero-order valence-corrected chi connectivity index (χ0v) is 12.6. The number of benzene rings is 1. The molecule has 112 valence electrons. The van der Waals surface area contributed by atoms with Gasteiger partial charge in [-0.1, -0.05) is 37.7 Å². The van der Waals surface area contributed by atoms with Crippen LogP contribution in [0.3, 0.4) is 0 Å². The Kier molecular flexibility index (Phi) is 5.83. The highest BCUT2D eigenvalue weighted by Crippen LogP contribution is 2.27. The fourth-order valence-electron chi connectivity index (χ4n) is 2.96. The van der Waals surface area contributed by atoms with Crippen molar-refractivity contribution in [2.75, 3.05) is 13.2 Å². The topological polar surface area (TPSA) is 49.3 Å². The van der Waals surface area contributed by atoms with E-state index in [-0.39, 0.29) is 12.5 Å². The molecule has 1 aromatic carbocycles. The van der Waals surface area contributed by atoms with Crippen molar-refractivity contribution >= 4 is 5.91 Å². The predicted octanol–water partition coefficient (Wildman–Crippen LogP) is 2.59. The van der Waals surface area contributed by atoms with Gasteiger partial charge in [0.2, 0.25) is 0 Å². The van der Waals surface area contributed by atoms with Crippen molar-refractivity contribution in [2.24, 2.45) is 11.8 Å². The normalized spacial score (nSPS) is 21.2. The van der Waals surface area contributed by atoms with Gasteiger partial charge in [-0.05, 0) is 42.9 Å². The second-order valence-corrected chi connectivity index (χ2v) is 5.89. The van der Waals surface area contributed by atoms with E-state index in [1.165, 1.54) is 25.7 Å². The first-order chi connectivity index (χ1) is 10.2. The van der Waals surface area contributed by atoms with Crippen LogP contribution in [0.5, 0.6) is 0 Å². The standard InChI is InChI=1S/C18H23NO2/c1-14-5-2-7-16(11-14)13-19-18(21)17-9-3-6-15(12-17)8-4-10-20/h3,6,9,12,14,16,20H,2,5,7,10-11,13H2,1H3,(H,19,21). The minimum absolute atomic E-state index is 0.0409. The molecule has 0 spiro atoms. The van der Waals surface area contributed by atoms with E-state index < -0.39 is 0 Å². The molecule has 0 saturated heterocycles. The summed E-state index contributed by atoms with van der Waals surface area (Å²) in [6.07, 6.45) is 5.01. The molecule has 0 heterocycles. The van der Waals surface area contributed by atoms with Gasteiger partial charge in [-0.25, -0.2) is 0 Å². The first-order valence-corrected chi connectivity index (χ1v) is 7.67. The van der Waals surface area contributed by atoms with Gasteiger partial charge in [0.1, 0.15) is 6.61 Å². The largest absolute Gasteiger partial charge is 0.384 e. The molecule has 2 atom stereocenters. The maximum atomic E-state index is 12.2. The van der Waals surface area contributed by atoms with Gasteiger partial charge in [0.05, 0.1) is 0 Å². The molecular formula is C18H23NO2. The summed E-state index contributed by atoms with van der Waals surface area (Å²) in [5.74, 6) is 6.76. The fraction of sp³-hybridized carbons (Fsp3) is 0.500. The average Bonchev–Trinajstić information content (AvgIpc) is 2.51. The van der Waals surface area contributed by atoms with Crippen LogP contribution in [0.2, 0.25) is 0 Å². The van der Waals surface area contributed by atoms with Crippen LogP contribution in [-0.4, -0.2) is 24.2 Å². The fourth-order valence-corrected chi connectivity index (χ4v) is 2.96. The molecule has 1 aliphatic rings. The van der Waals surface area contributed by atoms with E-state index in [1.54, 1.807) is 12.1 Å². The van der Waals surface area contributed by atoms with Crippen LogP contribution in [0.4, 0.5) is 0 Å². The van der Waals surface area contributed by atoms with Gasteiger partial charge in [-0.15, -0.1) is 0 Å². The molecule has 0 aliphatic heterocycles. The van der Waals surface area contributed by atoms with E-state index in [4.69, 9.17) is 5.11 Å². The average molecular weight is 285 g/mol. The van der Waals surface area contributed by atoms with Crippen LogP contribution in [0.25, 0.3) is 0 Å².